The molecule has 2 aromatic heterocycles. The summed E-state index contributed by atoms with van der Waals surface area (Å²) in [5.74, 6) is 0.247. The Morgan fingerprint density at radius 3 is 2.81 bits per heavy atom. The molecule has 0 saturated heterocycles. The van der Waals surface area contributed by atoms with Crippen molar-refractivity contribution in [1.29, 1.82) is 0 Å². The second-order valence-corrected chi connectivity index (χ2v) is 9.68. The first-order valence-corrected chi connectivity index (χ1v) is 11.3. The molecule has 1 amide bonds. The van der Waals surface area contributed by atoms with Crippen molar-refractivity contribution in [2.45, 2.75) is 17.8 Å². The van der Waals surface area contributed by atoms with Crippen LogP contribution in [0.5, 0.6) is 0 Å². The molecule has 2 heterocycles. The SMILES string of the molecule is CC(=O)NCc1ccc(C(=O)CSc2nnc(Nc3cccc(Br)c3)s2)s1. The third-order valence-electron chi connectivity index (χ3n) is 3.26. The van der Waals surface area contributed by atoms with Crippen molar-refractivity contribution in [2.75, 3.05) is 11.1 Å². The van der Waals surface area contributed by atoms with Crippen molar-refractivity contribution in [3.05, 3.63) is 50.6 Å². The highest BCUT2D eigenvalue weighted by molar-refractivity contribution is 9.10. The number of ketones is 1. The number of carbonyl (C=O) groups excluding carboxylic acids is 2. The minimum atomic E-state index is -0.0876. The Labute approximate surface area is 176 Å². The van der Waals surface area contributed by atoms with Gasteiger partial charge in [-0.1, -0.05) is 45.1 Å². The van der Waals surface area contributed by atoms with Gasteiger partial charge in [0.25, 0.3) is 0 Å². The highest BCUT2D eigenvalue weighted by Crippen LogP contribution is 2.29. The summed E-state index contributed by atoms with van der Waals surface area (Å²) in [6.07, 6.45) is 0. The van der Waals surface area contributed by atoms with Gasteiger partial charge in [-0.3, -0.25) is 9.59 Å². The topological polar surface area (TPSA) is 84.0 Å². The Morgan fingerprint density at radius 1 is 1.19 bits per heavy atom. The van der Waals surface area contributed by atoms with E-state index in [0.717, 1.165) is 19.4 Å². The molecule has 0 spiro atoms. The fraction of sp³-hybridized carbons (Fsp3) is 0.176. The van der Waals surface area contributed by atoms with E-state index in [9.17, 15) is 9.59 Å². The summed E-state index contributed by atoms with van der Waals surface area (Å²) in [7, 11) is 0. The molecule has 0 fully saturated rings. The number of halogens is 1. The number of hydrogen-bond donors (Lipinski definition) is 2. The maximum absolute atomic E-state index is 12.3. The number of carbonyl (C=O) groups is 2. The van der Waals surface area contributed by atoms with Gasteiger partial charge >= 0.3 is 0 Å². The van der Waals surface area contributed by atoms with Gasteiger partial charge in [0.05, 0.1) is 17.2 Å². The molecule has 10 heteroatoms. The Bertz CT molecular complexity index is 957. The molecule has 27 heavy (non-hydrogen) atoms. The molecule has 0 bridgehead atoms. The predicted octanol–water partition coefficient (Wildman–Crippen LogP) is 4.72. The van der Waals surface area contributed by atoms with Crippen molar-refractivity contribution in [3.8, 4) is 0 Å². The molecular formula is C17H15BrN4O2S3. The van der Waals surface area contributed by atoms with Gasteiger partial charge in [-0.15, -0.1) is 21.5 Å². The van der Waals surface area contributed by atoms with Crippen molar-refractivity contribution in [1.82, 2.24) is 15.5 Å². The minimum absolute atomic E-state index is 0.0378. The Hall–Kier alpha value is -1.75. The maximum Gasteiger partial charge on any atom is 0.217 e. The Morgan fingerprint density at radius 2 is 2.04 bits per heavy atom. The number of aromatic nitrogens is 2. The monoisotopic (exact) mass is 482 g/mol. The number of hydrogen-bond acceptors (Lipinski definition) is 8. The second kappa shape index (κ2) is 9.45. The van der Waals surface area contributed by atoms with Crippen LogP contribution in [0.4, 0.5) is 10.8 Å². The first kappa shape index (κ1) is 20.0. The summed E-state index contributed by atoms with van der Waals surface area (Å²) < 4.78 is 1.71. The molecule has 3 rings (SSSR count). The standard InChI is InChI=1S/C17H15BrN4O2S3/c1-10(23)19-8-13-5-6-15(26-13)14(24)9-25-17-22-21-16(27-17)20-12-4-2-3-11(18)7-12/h2-7H,8-9H2,1H3,(H,19,23)(H,20,21). The van der Waals surface area contributed by atoms with E-state index in [1.807, 2.05) is 30.3 Å². The van der Waals surface area contributed by atoms with Gasteiger partial charge in [0, 0.05) is 22.0 Å². The van der Waals surface area contributed by atoms with Crippen LogP contribution in [-0.4, -0.2) is 27.6 Å². The lowest BCUT2D eigenvalue weighted by Crippen LogP contribution is -2.18. The number of rotatable bonds is 8. The number of nitrogens with one attached hydrogen (secondary N) is 2. The molecule has 0 radical (unpaired) electrons. The third kappa shape index (κ3) is 6.13. The average Bonchev–Trinajstić information content (AvgIpc) is 3.27. The van der Waals surface area contributed by atoms with E-state index in [0.29, 0.717) is 22.3 Å². The van der Waals surface area contributed by atoms with E-state index in [-0.39, 0.29) is 11.7 Å². The van der Waals surface area contributed by atoms with Crippen LogP contribution in [0.25, 0.3) is 0 Å². The van der Waals surface area contributed by atoms with Gasteiger partial charge < -0.3 is 10.6 Å². The molecule has 3 aromatic rings. The molecule has 1 aromatic carbocycles. The molecule has 2 N–H and O–H groups in total. The van der Waals surface area contributed by atoms with Crippen LogP contribution in [0.2, 0.25) is 0 Å². The minimum Gasteiger partial charge on any atom is -0.351 e. The highest BCUT2D eigenvalue weighted by Gasteiger charge is 2.13. The van der Waals surface area contributed by atoms with E-state index in [2.05, 4.69) is 36.8 Å². The number of anilines is 2. The lowest BCUT2D eigenvalue weighted by atomic mass is 10.3. The van der Waals surface area contributed by atoms with E-state index < -0.39 is 0 Å². The fourth-order valence-corrected chi connectivity index (χ4v) is 5.07. The van der Waals surface area contributed by atoms with Gasteiger partial charge in [0.2, 0.25) is 11.0 Å². The number of Topliss-reactive ketones (excluding diaryl/α,β-unsaturated/α-hetero) is 1. The van der Waals surface area contributed by atoms with Gasteiger partial charge in [0.1, 0.15) is 0 Å². The molecular weight excluding hydrogens is 468 g/mol. The summed E-state index contributed by atoms with van der Waals surface area (Å²) in [6, 6.07) is 11.4. The van der Waals surface area contributed by atoms with Crippen LogP contribution in [0.15, 0.2) is 45.2 Å². The number of amides is 1. The van der Waals surface area contributed by atoms with Gasteiger partial charge in [-0.25, -0.2) is 0 Å². The summed E-state index contributed by atoms with van der Waals surface area (Å²) >= 11 is 7.60. The second-order valence-electron chi connectivity index (χ2n) is 5.40. The number of thiophene rings is 1. The number of thioether (sulfide) groups is 1. The van der Waals surface area contributed by atoms with E-state index in [1.165, 1.54) is 41.4 Å². The van der Waals surface area contributed by atoms with Crippen LogP contribution < -0.4 is 10.6 Å². The lowest BCUT2D eigenvalue weighted by molar-refractivity contribution is -0.119. The molecule has 0 aliphatic rings. The van der Waals surface area contributed by atoms with E-state index in [1.54, 1.807) is 6.07 Å². The molecule has 0 unspecified atom stereocenters. The summed E-state index contributed by atoms with van der Waals surface area (Å²) in [5, 5.41) is 14.8. The molecule has 0 aliphatic heterocycles. The predicted molar refractivity (Wildman–Crippen MR) is 114 cm³/mol. The first-order valence-electron chi connectivity index (χ1n) is 7.85. The quantitative estimate of drug-likeness (QED) is 0.357. The number of nitrogens with zero attached hydrogens (tertiary/aromatic N) is 2. The average molecular weight is 483 g/mol. The van der Waals surface area contributed by atoms with Gasteiger partial charge in [-0.2, -0.15) is 0 Å². The maximum atomic E-state index is 12.3. The number of benzene rings is 1. The third-order valence-corrected chi connectivity index (χ3v) is 6.85. The van der Waals surface area contributed by atoms with Crippen molar-refractivity contribution in [2.24, 2.45) is 0 Å². The Kier molecular flexibility index (Phi) is 7.00. The van der Waals surface area contributed by atoms with Gasteiger partial charge in [-0.05, 0) is 30.3 Å². The zero-order valence-corrected chi connectivity index (χ0v) is 18.2. The lowest BCUT2D eigenvalue weighted by Gasteiger charge is -2.01. The van der Waals surface area contributed by atoms with Crippen LogP contribution in [-0.2, 0) is 11.3 Å². The van der Waals surface area contributed by atoms with E-state index in [4.69, 9.17) is 0 Å². The first-order chi connectivity index (χ1) is 13.0. The van der Waals surface area contributed by atoms with Crippen molar-refractivity contribution < 1.29 is 9.59 Å². The zero-order chi connectivity index (χ0) is 19.2. The van der Waals surface area contributed by atoms with Crippen LogP contribution in [0.3, 0.4) is 0 Å². The fourth-order valence-electron chi connectivity index (χ4n) is 2.04. The van der Waals surface area contributed by atoms with Crippen LogP contribution in [0.1, 0.15) is 21.5 Å². The van der Waals surface area contributed by atoms with E-state index >= 15 is 0 Å². The molecule has 6 nitrogen and oxygen atoms in total. The van der Waals surface area contributed by atoms with Crippen LogP contribution >= 0.6 is 50.4 Å². The highest BCUT2D eigenvalue weighted by atomic mass is 79.9. The summed E-state index contributed by atoms with van der Waals surface area (Å²) in [6.45, 7) is 1.92. The van der Waals surface area contributed by atoms with Crippen LogP contribution in [0, 0.1) is 0 Å². The molecule has 140 valence electrons. The summed E-state index contributed by atoms with van der Waals surface area (Å²) in [5.41, 5.74) is 0.915. The molecule has 0 aliphatic carbocycles. The van der Waals surface area contributed by atoms with Crippen molar-refractivity contribution >= 4 is 72.9 Å². The molecule has 0 atom stereocenters. The summed E-state index contributed by atoms with van der Waals surface area (Å²) in [4.78, 5) is 24.9. The van der Waals surface area contributed by atoms with Crippen molar-refractivity contribution in [3.63, 3.8) is 0 Å². The van der Waals surface area contributed by atoms with Gasteiger partial charge in [0.15, 0.2) is 10.1 Å². The Balaban J connectivity index is 1.52. The largest absolute Gasteiger partial charge is 0.351 e. The zero-order valence-electron chi connectivity index (χ0n) is 14.2. The smallest absolute Gasteiger partial charge is 0.217 e. The normalized spacial score (nSPS) is 10.6. The molecule has 0 saturated carbocycles.